The number of rotatable bonds is 5. The minimum absolute atomic E-state index is 0.448. The number of hydrogen-bond donors (Lipinski definition) is 0. The summed E-state index contributed by atoms with van der Waals surface area (Å²) < 4.78 is 5.61. The van der Waals surface area contributed by atoms with E-state index in [-0.39, 0.29) is 0 Å². The minimum Gasteiger partial charge on any atom is -0.492 e. The normalized spacial score (nSPS) is 10.6. The highest BCUT2D eigenvalue weighted by molar-refractivity contribution is 6.30. The van der Waals surface area contributed by atoms with Crippen molar-refractivity contribution in [3.8, 4) is 17.1 Å². The summed E-state index contributed by atoms with van der Waals surface area (Å²) in [7, 11) is 0. The lowest BCUT2D eigenvalue weighted by atomic mass is 10.1. The Morgan fingerprint density at radius 1 is 1.14 bits per heavy atom. The van der Waals surface area contributed by atoms with Gasteiger partial charge in [-0.25, -0.2) is 0 Å². The van der Waals surface area contributed by atoms with Crippen molar-refractivity contribution in [3.05, 3.63) is 59.1 Å². The molecule has 0 aliphatic heterocycles. The fourth-order valence-corrected chi connectivity index (χ4v) is 2.14. The second-order valence-electron chi connectivity index (χ2n) is 4.88. The van der Waals surface area contributed by atoms with Crippen molar-refractivity contribution in [2.24, 2.45) is 0 Å². The van der Waals surface area contributed by atoms with E-state index in [4.69, 9.17) is 16.3 Å². The topological polar surface area (TPSA) is 52.8 Å². The number of benzene rings is 2. The molecule has 0 fully saturated rings. The molecule has 0 saturated carbocycles. The number of aryl methyl sites for hydroxylation is 1. The molecule has 1 heterocycles. The van der Waals surface area contributed by atoms with Crippen molar-refractivity contribution in [3.63, 3.8) is 0 Å². The van der Waals surface area contributed by atoms with Crippen LogP contribution in [-0.2, 0) is 6.54 Å². The number of ether oxygens (including phenoxy) is 1. The third-order valence-corrected chi connectivity index (χ3v) is 3.35. The summed E-state index contributed by atoms with van der Waals surface area (Å²) in [6, 6.07) is 15.3. The van der Waals surface area contributed by atoms with Gasteiger partial charge < -0.3 is 4.74 Å². The van der Waals surface area contributed by atoms with Crippen LogP contribution in [0.5, 0.6) is 5.75 Å². The van der Waals surface area contributed by atoms with E-state index in [0.29, 0.717) is 24.0 Å². The third-order valence-electron chi connectivity index (χ3n) is 3.12. The Morgan fingerprint density at radius 2 is 1.95 bits per heavy atom. The molecule has 112 valence electrons. The Morgan fingerprint density at radius 3 is 2.73 bits per heavy atom. The van der Waals surface area contributed by atoms with Crippen LogP contribution in [0.4, 0.5) is 0 Å². The monoisotopic (exact) mass is 314 g/mol. The van der Waals surface area contributed by atoms with Crippen LogP contribution in [0.15, 0.2) is 48.5 Å². The lowest BCUT2D eigenvalue weighted by Gasteiger charge is -2.05. The standard InChI is InChI=1S/C16H15ClN4O/c1-12-5-7-13(8-6-12)16-18-20-21(19-16)9-10-22-15-4-2-3-14(17)11-15/h2-8,11H,9-10H2,1H3. The molecule has 0 aliphatic rings. The molecule has 0 N–H and O–H groups in total. The lowest BCUT2D eigenvalue weighted by Crippen LogP contribution is -2.11. The van der Waals surface area contributed by atoms with Gasteiger partial charge in [-0.15, -0.1) is 10.2 Å². The van der Waals surface area contributed by atoms with Crippen molar-refractivity contribution < 1.29 is 4.74 Å². The van der Waals surface area contributed by atoms with E-state index in [1.807, 2.05) is 43.3 Å². The van der Waals surface area contributed by atoms with E-state index in [9.17, 15) is 0 Å². The van der Waals surface area contributed by atoms with Crippen LogP contribution in [0.1, 0.15) is 5.56 Å². The van der Waals surface area contributed by atoms with Crippen molar-refractivity contribution >= 4 is 11.6 Å². The Bertz CT molecular complexity index is 755. The van der Waals surface area contributed by atoms with Crippen LogP contribution in [0.2, 0.25) is 5.02 Å². The summed E-state index contributed by atoms with van der Waals surface area (Å²) in [6.45, 7) is 3.01. The molecule has 3 aromatic rings. The van der Waals surface area contributed by atoms with E-state index in [2.05, 4.69) is 15.4 Å². The molecule has 0 amide bonds. The van der Waals surface area contributed by atoms with Crippen molar-refractivity contribution in [1.82, 2.24) is 20.2 Å². The minimum atomic E-state index is 0.448. The predicted molar refractivity (Wildman–Crippen MR) is 84.9 cm³/mol. The molecule has 0 atom stereocenters. The molecule has 2 aromatic carbocycles. The van der Waals surface area contributed by atoms with Gasteiger partial charge in [0.1, 0.15) is 12.4 Å². The van der Waals surface area contributed by atoms with E-state index >= 15 is 0 Å². The maximum atomic E-state index is 5.90. The Hall–Kier alpha value is -2.40. The SMILES string of the molecule is Cc1ccc(-c2nnn(CCOc3cccc(Cl)c3)n2)cc1. The molecular weight excluding hydrogens is 300 g/mol. The summed E-state index contributed by atoms with van der Waals surface area (Å²) in [4.78, 5) is 1.53. The summed E-state index contributed by atoms with van der Waals surface area (Å²) >= 11 is 5.90. The van der Waals surface area contributed by atoms with Crippen LogP contribution < -0.4 is 4.74 Å². The van der Waals surface area contributed by atoms with Crippen molar-refractivity contribution in [1.29, 1.82) is 0 Å². The van der Waals surface area contributed by atoms with E-state index in [0.717, 1.165) is 11.3 Å². The maximum Gasteiger partial charge on any atom is 0.204 e. The van der Waals surface area contributed by atoms with E-state index in [1.54, 1.807) is 12.1 Å². The smallest absolute Gasteiger partial charge is 0.204 e. The zero-order valence-electron chi connectivity index (χ0n) is 12.1. The van der Waals surface area contributed by atoms with Gasteiger partial charge in [0.05, 0.1) is 6.54 Å². The average Bonchev–Trinajstić information content (AvgIpc) is 2.97. The second-order valence-corrected chi connectivity index (χ2v) is 5.32. The van der Waals surface area contributed by atoms with E-state index in [1.165, 1.54) is 10.4 Å². The van der Waals surface area contributed by atoms with Gasteiger partial charge in [-0.3, -0.25) is 0 Å². The van der Waals surface area contributed by atoms with Crippen LogP contribution in [0.3, 0.4) is 0 Å². The van der Waals surface area contributed by atoms with Gasteiger partial charge in [0, 0.05) is 10.6 Å². The largest absolute Gasteiger partial charge is 0.492 e. The predicted octanol–water partition coefficient (Wildman–Crippen LogP) is 3.38. The molecule has 0 unspecified atom stereocenters. The number of nitrogens with zero attached hydrogens (tertiary/aromatic N) is 4. The molecule has 0 spiro atoms. The first kappa shape index (κ1) is 14.5. The number of tetrazole rings is 1. The zero-order chi connectivity index (χ0) is 15.4. The molecule has 0 radical (unpaired) electrons. The van der Waals surface area contributed by atoms with Gasteiger partial charge >= 0.3 is 0 Å². The first-order valence-electron chi connectivity index (χ1n) is 6.94. The number of aromatic nitrogens is 4. The molecule has 3 rings (SSSR count). The molecule has 6 heteroatoms. The van der Waals surface area contributed by atoms with Gasteiger partial charge in [-0.2, -0.15) is 4.80 Å². The molecule has 22 heavy (non-hydrogen) atoms. The first-order valence-corrected chi connectivity index (χ1v) is 7.32. The summed E-state index contributed by atoms with van der Waals surface area (Å²) in [6.07, 6.45) is 0. The fraction of sp³-hybridized carbons (Fsp3) is 0.188. The molecular formula is C16H15ClN4O. The Kier molecular flexibility index (Phi) is 4.34. The molecule has 0 aliphatic carbocycles. The van der Waals surface area contributed by atoms with Crippen LogP contribution in [0, 0.1) is 6.92 Å². The average molecular weight is 315 g/mol. The lowest BCUT2D eigenvalue weighted by molar-refractivity contribution is 0.280. The van der Waals surface area contributed by atoms with Crippen LogP contribution >= 0.6 is 11.6 Å². The van der Waals surface area contributed by atoms with Crippen molar-refractivity contribution in [2.45, 2.75) is 13.5 Å². The number of halogens is 1. The third kappa shape index (κ3) is 3.62. The second kappa shape index (κ2) is 6.58. The van der Waals surface area contributed by atoms with Gasteiger partial charge in [-0.1, -0.05) is 47.5 Å². The van der Waals surface area contributed by atoms with Gasteiger partial charge in [-0.05, 0) is 30.3 Å². The molecule has 0 saturated heterocycles. The van der Waals surface area contributed by atoms with Crippen LogP contribution in [0.25, 0.3) is 11.4 Å². The van der Waals surface area contributed by atoms with Crippen LogP contribution in [-0.4, -0.2) is 26.8 Å². The number of hydrogen-bond acceptors (Lipinski definition) is 4. The highest BCUT2D eigenvalue weighted by atomic mass is 35.5. The summed E-state index contributed by atoms with van der Waals surface area (Å²) in [5.41, 5.74) is 2.15. The first-order chi connectivity index (χ1) is 10.7. The van der Waals surface area contributed by atoms with Gasteiger partial charge in [0.2, 0.25) is 5.82 Å². The highest BCUT2D eigenvalue weighted by Crippen LogP contribution is 2.17. The fourth-order valence-electron chi connectivity index (χ4n) is 1.96. The summed E-state index contributed by atoms with van der Waals surface area (Å²) in [5.74, 6) is 1.34. The Labute approximate surface area is 133 Å². The quantitative estimate of drug-likeness (QED) is 0.724. The zero-order valence-corrected chi connectivity index (χ0v) is 12.9. The van der Waals surface area contributed by atoms with Gasteiger partial charge in [0.15, 0.2) is 0 Å². The summed E-state index contributed by atoms with van der Waals surface area (Å²) in [5, 5.41) is 13.1. The van der Waals surface area contributed by atoms with Gasteiger partial charge in [0.25, 0.3) is 0 Å². The van der Waals surface area contributed by atoms with E-state index < -0.39 is 0 Å². The maximum absolute atomic E-state index is 5.90. The molecule has 0 bridgehead atoms. The molecule has 5 nitrogen and oxygen atoms in total. The molecule has 1 aromatic heterocycles. The highest BCUT2D eigenvalue weighted by Gasteiger charge is 2.05. The Balaban J connectivity index is 1.59. The van der Waals surface area contributed by atoms with Crippen molar-refractivity contribution in [2.75, 3.05) is 6.61 Å².